The number of aryl methyl sites for hydroxylation is 3. The van der Waals surface area contributed by atoms with Gasteiger partial charge in [0, 0.05) is 17.1 Å². The molecule has 0 amide bonds. The molecule has 31 heteroatoms. The largest absolute Gasteiger partial charge is 0.619 e. The van der Waals surface area contributed by atoms with Crippen LogP contribution in [0.2, 0.25) is 0 Å². The molecule has 2 aromatic carbocycles. The van der Waals surface area contributed by atoms with Crippen molar-refractivity contribution in [1.29, 1.82) is 0 Å². The predicted octanol–water partition coefficient (Wildman–Crippen LogP) is 9.37. The van der Waals surface area contributed by atoms with Gasteiger partial charge in [-0.15, -0.1) is 59.9 Å². The molecule has 0 aliphatic carbocycles. The Bertz CT molecular complexity index is 4140. The zero-order valence-electron chi connectivity index (χ0n) is 55.6. The molecule has 0 unspecified atom stereocenters. The third kappa shape index (κ3) is 16.8. The van der Waals surface area contributed by atoms with Gasteiger partial charge in [0.25, 0.3) is 0 Å². The molecule has 6 aromatic rings. The van der Waals surface area contributed by atoms with Crippen LogP contribution in [0.25, 0.3) is 22.5 Å². The molecule has 19 nitrogen and oxygen atoms in total. The smallest absolute Gasteiger partial charge is 0.431 e. The molecule has 98 heavy (non-hydrogen) atoms. The second-order valence-electron chi connectivity index (χ2n) is 24.1. The Morgan fingerprint density at radius 1 is 0.469 bits per heavy atom. The Balaban J connectivity index is 0.000000128. The predicted molar refractivity (Wildman–Crippen MR) is 346 cm³/mol. The Hall–Kier alpha value is -8.09. The molecule has 0 saturated heterocycles. The molecule has 0 saturated carbocycles. The van der Waals surface area contributed by atoms with Crippen molar-refractivity contribution in [2.24, 2.45) is 0 Å². The van der Waals surface area contributed by atoms with E-state index in [1.165, 1.54) is 49.0 Å². The first kappa shape index (κ1) is 72.7. The van der Waals surface area contributed by atoms with Gasteiger partial charge >= 0.3 is 330 Å². The van der Waals surface area contributed by atoms with E-state index in [1.54, 1.807) is 52.8 Å². The molecular weight excluding hydrogens is 1830 g/mol. The van der Waals surface area contributed by atoms with Gasteiger partial charge in [0.05, 0.1) is 0 Å². The fraction of sp³-hybridized carbons (Fsp3) is 0.343. The zero-order valence-corrected chi connectivity index (χ0v) is 62.4. The summed E-state index contributed by atoms with van der Waals surface area (Å²) in [6.07, 6.45) is 16.5. The molecular formula is C67H72F9N19Pt3-6. The number of benzene rings is 2. The number of halogens is 9. The maximum absolute atomic E-state index is 12.5. The third-order valence-corrected chi connectivity index (χ3v) is 26.5. The molecule has 4 aromatic heterocycles. The van der Waals surface area contributed by atoms with E-state index >= 15 is 0 Å². The molecule has 15 rings (SSSR count). The number of hydrogen-bond donors (Lipinski definition) is 0. The van der Waals surface area contributed by atoms with E-state index in [-0.39, 0.29) is 58.6 Å². The van der Waals surface area contributed by atoms with Gasteiger partial charge in [0.2, 0.25) is 0 Å². The normalized spacial score (nSPS) is 17.7. The van der Waals surface area contributed by atoms with Crippen LogP contribution in [0.4, 0.5) is 39.5 Å². The number of hydrogen-bond acceptors (Lipinski definition) is 15. The standard InChI is InChI=1S/C15H24N4.C11H11F3N4.2C11H7F3N2.C10H11N3.C9H12N4.3Pt/c1-14(2)18-10-8-16(12-18)6-5-7-17-9-11-19(13-17)15(3)4;1-6-4-7(16-15-6)10(2,3)8-5-9(18-17-8)11(12,13)14;2*1-7-6-10(16-15-7)8-2-4-9(5-3-8)11(12,13)14;1-11-5-3-4-10(8-11)13-7-6-12(2)9-13;1-10-3-5-12(7-10)9-13-6-4-11(2)8-13;;;/h8-11,14-15H,5-7H2,1-4H3;4-5H,1-3H3;2*2,4-6H,1H3;3-7H,1-2H3;3-6H,9H2,1-2H3;;;/q;3*-2;;;;;. The molecule has 9 aliphatic heterocycles. The monoisotopic (exact) mass is 1900 g/mol. The summed E-state index contributed by atoms with van der Waals surface area (Å²) in [5.41, 5.74) is 3.25. The molecule has 0 atom stereocenters. The van der Waals surface area contributed by atoms with Gasteiger partial charge in [-0.1, -0.05) is 38.1 Å². The quantitative estimate of drug-likeness (QED) is 0.115. The van der Waals surface area contributed by atoms with E-state index in [2.05, 4.69) is 243 Å². The molecule has 0 N–H and O–H groups in total. The van der Waals surface area contributed by atoms with E-state index in [9.17, 15) is 39.5 Å². The Kier molecular flexibility index (Phi) is 22.1. The van der Waals surface area contributed by atoms with E-state index < -0.39 is 40.8 Å². The average Bonchev–Trinajstić information content (AvgIpc) is 1.62. The molecule has 0 spiro atoms. The van der Waals surface area contributed by atoms with Crippen molar-refractivity contribution in [2.45, 2.75) is 105 Å². The Morgan fingerprint density at radius 3 is 1.35 bits per heavy atom. The fourth-order valence-corrected chi connectivity index (χ4v) is 20.0. The fourth-order valence-electron chi connectivity index (χ4n) is 9.91. The second kappa shape index (κ2) is 29.8. The van der Waals surface area contributed by atoms with Crippen LogP contribution in [0.5, 0.6) is 0 Å². The van der Waals surface area contributed by atoms with Gasteiger partial charge in [-0.05, 0) is 37.3 Å². The van der Waals surface area contributed by atoms with Crippen LogP contribution < -0.4 is 20.4 Å². The summed E-state index contributed by atoms with van der Waals surface area (Å²) in [5, 5.41) is 29.7. The van der Waals surface area contributed by atoms with Crippen molar-refractivity contribution in [3.05, 3.63) is 204 Å². The first-order valence-electron chi connectivity index (χ1n) is 30.5. The van der Waals surface area contributed by atoms with Crippen LogP contribution >= 0.6 is 0 Å². The number of aromatic nitrogens is 8. The van der Waals surface area contributed by atoms with Crippen LogP contribution in [0.3, 0.4) is 0 Å². The van der Waals surface area contributed by atoms with Crippen molar-refractivity contribution in [3.63, 3.8) is 0 Å². The zero-order chi connectivity index (χ0) is 70.8. The van der Waals surface area contributed by atoms with E-state index in [1.807, 2.05) is 0 Å². The number of nitrogens with zero attached hydrogens (tertiary/aromatic N) is 19. The molecule has 13 heterocycles. The minimum atomic E-state index is -4.48. The first-order valence-corrected chi connectivity index (χ1v) is 37.4. The maximum atomic E-state index is 12.5. The average molecular weight is 1900 g/mol. The van der Waals surface area contributed by atoms with Gasteiger partial charge in [0.15, 0.2) is 0 Å². The van der Waals surface area contributed by atoms with Crippen LogP contribution in [0.1, 0.15) is 93.3 Å². The molecule has 0 radical (unpaired) electrons. The summed E-state index contributed by atoms with van der Waals surface area (Å²) in [6.45, 7) is 21.1. The Morgan fingerprint density at radius 2 is 0.918 bits per heavy atom. The Labute approximate surface area is 587 Å². The summed E-state index contributed by atoms with van der Waals surface area (Å²) >= 11 is -0.241. The van der Waals surface area contributed by atoms with Crippen molar-refractivity contribution in [1.82, 2.24) is 94.7 Å². The summed E-state index contributed by atoms with van der Waals surface area (Å²) in [4.78, 5) is 25.8. The molecule has 0 bridgehead atoms. The van der Waals surface area contributed by atoms with E-state index in [4.69, 9.17) is 0 Å². The summed E-state index contributed by atoms with van der Waals surface area (Å²) < 4.78 is 120. The second-order valence-corrected chi connectivity index (χ2v) is 31.9. The van der Waals surface area contributed by atoms with Crippen molar-refractivity contribution < 1.29 is 92.4 Å². The van der Waals surface area contributed by atoms with E-state index in [0.29, 0.717) is 46.0 Å². The number of allylic oxidation sites excluding steroid dienone is 2. The number of rotatable bonds is 6. The summed E-state index contributed by atoms with van der Waals surface area (Å²) in [7, 11) is 8.51. The maximum Gasteiger partial charge on any atom is 0.431 e. The van der Waals surface area contributed by atoms with Gasteiger partial charge < -0.3 is 40.8 Å². The minimum Gasteiger partial charge on any atom is -0.619 e. The molecule has 534 valence electrons. The topological polar surface area (TPSA) is 144 Å². The number of likely N-dealkylation sites (N-methyl/N-ethyl adjacent to an activating group) is 1. The third-order valence-electron chi connectivity index (χ3n) is 15.3. The van der Waals surface area contributed by atoms with Gasteiger partial charge in [0.1, 0.15) is 5.69 Å². The summed E-state index contributed by atoms with van der Waals surface area (Å²) in [5.74, 6) is 0. The minimum absolute atomic E-state index is 0.0247. The number of fused-ring (bicyclic) bond motifs is 7. The van der Waals surface area contributed by atoms with Crippen molar-refractivity contribution in [3.8, 4) is 22.5 Å². The molecule has 9 aliphatic rings. The van der Waals surface area contributed by atoms with Gasteiger partial charge in [-0.25, -0.2) is 11.4 Å². The SMILES string of the molecule is CC(C)N1C=CN2CCCN3C=CN(C(C)C)[C]3=[Pt]=[C]21.CN1C=CC=C2[C]1=[Pt]=[C]1N(C)C=CN21.CN1C=CN2CN3C=CN(C)[C]3=[Pt]=[C]12.Cc1cc(-c2[c-]cc(C(F)(F)F)cc2)[n-]n1.Cc1cc(-c2[c-]cc(C(F)(F)F)cc2)[n-]n1.Cc1cc(C(C)(C)c2cc(C(F)(F)F)n[n-]2)[n-]n1. The van der Waals surface area contributed by atoms with Crippen molar-refractivity contribution in [2.75, 3.05) is 47.9 Å². The molecule has 0 fully saturated rings. The van der Waals surface area contributed by atoms with E-state index in [0.717, 1.165) is 61.5 Å². The van der Waals surface area contributed by atoms with Crippen molar-refractivity contribution >= 4 is 24.8 Å². The summed E-state index contributed by atoms with van der Waals surface area (Å²) in [6, 6.07) is 18.8. The van der Waals surface area contributed by atoms with Crippen LogP contribution in [-0.2, 0) is 76.9 Å². The van der Waals surface area contributed by atoms with Crippen LogP contribution in [0.15, 0.2) is 147 Å². The number of alkyl halides is 9. The van der Waals surface area contributed by atoms with Crippen LogP contribution in [0, 0.1) is 32.9 Å². The van der Waals surface area contributed by atoms with Crippen LogP contribution in [-0.4, -0.2) is 159 Å². The first-order chi connectivity index (χ1) is 46.2. The van der Waals surface area contributed by atoms with Gasteiger partial charge in [-0.3, -0.25) is 0 Å². The van der Waals surface area contributed by atoms with Gasteiger partial charge in [-0.2, -0.15) is 50.6 Å².